The number of anilines is 1. The molecule has 15 heteroatoms. The average Bonchev–Trinajstić information content (AvgIpc) is 2.88. The third-order valence-electron chi connectivity index (χ3n) is 4.83. The fraction of sp³-hybridized carbons (Fsp3) is 0.391. The molecule has 2 amide bonds. The lowest BCUT2D eigenvalue weighted by Crippen LogP contribution is -2.42. The molecule has 0 spiro atoms. The summed E-state index contributed by atoms with van der Waals surface area (Å²) in [6.07, 6.45) is 4.65. The van der Waals surface area contributed by atoms with Gasteiger partial charge >= 0.3 is 6.47 Å². The molecule has 8 N–H and O–H groups in total. The predicted octanol–water partition coefficient (Wildman–Crippen LogP) is 0.649. The van der Waals surface area contributed by atoms with E-state index >= 15 is 0 Å². The molecule has 1 aromatic rings. The van der Waals surface area contributed by atoms with E-state index < -0.39 is 18.4 Å². The minimum absolute atomic E-state index is 0.0544. The number of primary amides is 1. The van der Waals surface area contributed by atoms with Crippen molar-refractivity contribution in [3.8, 4) is 0 Å². The van der Waals surface area contributed by atoms with Gasteiger partial charge in [0.1, 0.15) is 0 Å². The van der Waals surface area contributed by atoms with E-state index in [0.29, 0.717) is 30.3 Å². The molecule has 0 bridgehead atoms. The number of benzene rings is 1. The number of nitrogens with one attached hydrogen (secondary N) is 4. The first-order valence-corrected chi connectivity index (χ1v) is 11.5. The van der Waals surface area contributed by atoms with Crippen LogP contribution in [-0.4, -0.2) is 61.9 Å². The molecule has 1 aromatic carbocycles. The topological polar surface area (TPSA) is 213 Å². The van der Waals surface area contributed by atoms with Crippen molar-refractivity contribution < 1.29 is 39.3 Å². The number of carbonyl (C=O) groups is 3. The number of nitrogens with zero attached hydrogens (tertiary/aromatic N) is 1. The third-order valence-corrected chi connectivity index (χ3v) is 4.83. The van der Waals surface area contributed by atoms with Gasteiger partial charge in [0.2, 0.25) is 11.8 Å². The molecule has 38 heavy (non-hydrogen) atoms. The largest absolute Gasteiger partial charge is 0.385 e. The van der Waals surface area contributed by atoms with Crippen LogP contribution in [0.25, 0.3) is 5.57 Å². The molecule has 0 radical (unpaired) electrons. The fourth-order valence-corrected chi connectivity index (χ4v) is 3.01. The van der Waals surface area contributed by atoms with Gasteiger partial charge in [-0.15, -0.1) is 0 Å². The zero-order valence-electron chi connectivity index (χ0n) is 21.7. The van der Waals surface area contributed by atoms with Crippen molar-refractivity contribution in [3.63, 3.8) is 0 Å². The zero-order chi connectivity index (χ0) is 28.5. The number of hydrogen-bond acceptors (Lipinski definition) is 13. The molecule has 0 saturated heterocycles. The van der Waals surface area contributed by atoms with Crippen LogP contribution in [0.3, 0.4) is 0 Å². The van der Waals surface area contributed by atoms with Crippen LogP contribution in [-0.2, 0) is 34.5 Å². The summed E-state index contributed by atoms with van der Waals surface area (Å²) in [5.41, 5.74) is 14.7. The maximum Gasteiger partial charge on any atom is 0.334 e. The highest BCUT2D eigenvalue weighted by molar-refractivity contribution is 6.05. The molecule has 0 aliphatic rings. The number of amides is 2. The summed E-state index contributed by atoms with van der Waals surface area (Å²) in [6, 6.07) is 3.59. The monoisotopic (exact) mass is 537 g/mol. The number of rotatable bonds is 19. The van der Waals surface area contributed by atoms with Gasteiger partial charge in [0.25, 0.3) is 0 Å². The Morgan fingerprint density at radius 2 is 1.89 bits per heavy atom. The molecule has 210 valence electrons. The summed E-state index contributed by atoms with van der Waals surface area (Å²) in [5.74, 6) is -0.692. The van der Waals surface area contributed by atoms with Gasteiger partial charge < -0.3 is 32.4 Å². The Labute approximate surface area is 220 Å². The van der Waals surface area contributed by atoms with Crippen LogP contribution in [0.5, 0.6) is 0 Å². The lowest BCUT2D eigenvalue weighted by atomic mass is 9.97. The van der Waals surface area contributed by atoms with Crippen molar-refractivity contribution in [1.29, 1.82) is 5.41 Å². The van der Waals surface area contributed by atoms with E-state index in [1.165, 1.54) is 0 Å². The number of carbonyl (C=O) groups excluding carboxylic acids is 3. The molecular formula is C23H35N7O8. The van der Waals surface area contributed by atoms with Crippen LogP contribution in [0.4, 0.5) is 5.69 Å². The molecule has 0 heterocycles. The quantitative estimate of drug-likeness (QED) is 0.0273. The van der Waals surface area contributed by atoms with E-state index in [1.54, 1.807) is 12.1 Å². The highest BCUT2D eigenvalue weighted by atomic mass is 17.8. The maximum atomic E-state index is 12.0. The summed E-state index contributed by atoms with van der Waals surface area (Å²) in [6.45, 7) is 8.14. The Kier molecular flexibility index (Phi) is 14.7. The lowest BCUT2D eigenvalue weighted by molar-refractivity contribution is -0.695. The van der Waals surface area contributed by atoms with Gasteiger partial charge in [-0.25, -0.2) is 0 Å². The summed E-state index contributed by atoms with van der Waals surface area (Å²) < 4.78 is 0. The number of nitrogens with two attached hydrogens (primary N) is 2. The van der Waals surface area contributed by atoms with Gasteiger partial charge in [-0.2, -0.15) is 4.89 Å². The lowest BCUT2D eigenvalue weighted by Gasteiger charge is -2.23. The van der Waals surface area contributed by atoms with Crippen molar-refractivity contribution in [2.24, 2.45) is 11.5 Å². The summed E-state index contributed by atoms with van der Waals surface area (Å²) in [7, 11) is 0. The molecule has 0 unspecified atom stereocenters. The molecule has 0 aromatic heterocycles. The van der Waals surface area contributed by atoms with E-state index in [-0.39, 0.29) is 24.7 Å². The van der Waals surface area contributed by atoms with E-state index in [1.807, 2.05) is 44.7 Å². The van der Waals surface area contributed by atoms with Gasteiger partial charge in [-0.1, -0.05) is 6.08 Å². The molecule has 0 aliphatic carbocycles. The van der Waals surface area contributed by atoms with Gasteiger partial charge in [-0.3, -0.25) is 24.6 Å². The van der Waals surface area contributed by atoms with Crippen molar-refractivity contribution in [3.05, 3.63) is 46.8 Å². The molecule has 0 atom stereocenters. The first kappa shape index (κ1) is 32.0. The first-order chi connectivity index (χ1) is 18.1. The van der Waals surface area contributed by atoms with Crippen molar-refractivity contribution in [2.45, 2.75) is 33.7 Å². The first-order valence-electron chi connectivity index (χ1n) is 11.5. The third kappa shape index (κ3) is 11.4. The van der Waals surface area contributed by atoms with E-state index in [9.17, 15) is 14.4 Å². The second-order valence-corrected chi connectivity index (χ2v) is 7.93. The minimum Gasteiger partial charge on any atom is -0.385 e. The Bertz CT molecular complexity index is 1010. The number of allylic oxidation sites excluding steroid dienone is 3. The fourth-order valence-electron chi connectivity index (χ4n) is 3.01. The Morgan fingerprint density at radius 3 is 2.50 bits per heavy atom. The number of hydrogen-bond donors (Lipinski definition) is 6. The maximum absolute atomic E-state index is 12.0. The smallest absolute Gasteiger partial charge is 0.334 e. The van der Waals surface area contributed by atoms with E-state index in [2.05, 4.69) is 40.8 Å². The standard InChI is InChI=1S/C23H35N7O8/c1-5-30(13-27-12-28-22(32)11-34-36-38-37-35-14-31)21(25)7-6-16(4)17-8-18(23(26)33)19(10-24)20(9-17)29-15(2)3/h6-10,14-15,24,27,29H,5,11-13,25H2,1-4H3,(H2,26,33)(H,28,32)/b16-6+,21-7+,24-10?. The van der Waals surface area contributed by atoms with E-state index in [0.717, 1.165) is 17.4 Å². The minimum atomic E-state index is -0.624. The Morgan fingerprint density at radius 1 is 1.16 bits per heavy atom. The Hall–Kier alpha value is -4.02. The normalized spacial score (nSPS) is 11.7. The second-order valence-electron chi connectivity index (χ2n) is 7.93. The predicted molar refractivity (Wildman–Crippen MR) is 137 cm³/mol. The molecule has 15 nitrogen and oxygen atoms in total. The molecule has 0 saturated carbocycles. The van der Waals surface area contributed by atoms with Crippen LogP contribution in [0, 0.1) is 5.41 Å². The highest BCUT2D eigenvalue weighted by Crippen LogP contribution is 2.26. The summed E-state index contributed by atoms with van der Waals surface area (Å²) in [5, 5.41) is 28.0. The molecule has 0 fully saturated rings. The average molecular weight is 538 g/mol. The van der Waals surface area contributed by atoms with Gasteiger partial charge in [-0.05, 0) is 62.1 Å². The highest BCUT2D eigenvalue weighted by Gasteiger charge is 2.15. The second kappa shape index (κ2) is 17.4. The zero-order valence-corrected chi connectivity index (χ0v) is 21.7. The van der Waals surface area contributed by atoms with Crippen LogP contribution in [0.2, 0.25) is 0 Å². The molecular weight excluding hydrogens is 502 g/mol. The molecule has 1 rings (SSSR count). The van der Waals surface area contributed by atoms with Crippen LogP contribution in [0.1, 0.15) is 49.2 Å². The van der Waals surface area contributed by atoms with Gasteiger partial charge in [0, 0.05) is 40.1 Å². The van der Waals surface area contributed by atoms with Gasteiger partial charge in [0.05, 0.1) is 24.7 Å². The van der Waals surface area contributed by atoms with Crippen molar-refractivity contribution >= 4 is 35.8 Å². The van der Waals surface area contributed by atoms with Crippen molar-refractivity contribution in [2.75, 3.05) is 31.8 Å². The van der Waals surface area contributed by atoms with Crippen molar-refractivity contribution in [1.82, 2.24) is 15.5 Å². The molecule has 0 aliphatic heterocycles. The Balaban J connectivity index is 2.75. The van der Waals surface area contributed by atoms with Crippen LogP contribution in [0.15, 0.2) is 30.1 Å². The van der Waals surface area contributed by atoms with Crippen LogP contribution >= 0.6 is 0 Å². The summed E-state index contributed by atoms with van der Waals surface area (Å²) in [4.78, 5) is 43.3. The summed E-state index contributed by atoms with van der Waals surface area (Å²) >= 11 is 0. The van der Waals surface area contributed by atoms with Gasteiger partial charge in [0.15, 0.2) is 6.61 Å². The SMILES string of the molecule is CCN(CNCNC(=O)COOOOOC=O)/C(N)=C/C=C(\C)c1cc(NC(C)C)c(C=N)c(C(N)=O)c1. The van der Waals surface area contributed by atoms with Crippen LogP contribution < -0.4 is 27.4 Å². The van der Waals surface area contributed by atoms with E-state index in [4.69, 9.17) is 16.9 Å².